The highest BCUT2D eigenvalue weighted by molar-refractivity contribution is 5.97. The predicted molar refractivity (Wildman–Crippen MR) is 128 cm³/mol. The van der Waals surface area contributed by atoms with Gasteiger partial charge in [0, 0.05) is 49.4 Å². The van der Waals surface area contributed by atoms with E-state index in [-0.39, 0.29) is 11.9 Å². The Balaban J connectivity index is 1.46. The lowest BCUT2D eigenvalue weighted by Gasteiger charge is -2.35. The number of benzene rings is 1. The second-order valence-electron chi connectivity index (χ2n) is 8.47. The molecule has 0 aliphatic carbocycles. The normalized spacial score (nSPS) is 18.8. The van der Waals surface area contributed by atoms with Gasteiger partial charge in [0.1, 0.15) is 0 Å². The monoisotopic (exact) mass is 432 g/mol. The molecule has 1 saturated heterocycles. The molecule has 2 aliphatic rings. The van der Waals surface area contributed by atoms with Crippen LogP contribution >= 0.6 is 0 Å². The quantitative estimate of drug-likeness (QED) is 0.271. The first-order valence-corrected chi connectivity index (χ1v) is 11.1. The van der Waals surface area contributed by atoms with Gasteiger partial charge in [-0.05, 0) is 41.8 Å². The minimum Gasteiger partial charge on any atom is -0.312 e. The van der Waals surface area contributed by atoms with Crippen molar-refractivity contribution in [3.8, 4) is 0 Å². The van der Waals surface area contributed by atoms with Crippen molar-refractivity contribution in [3.63, 3.8) is 0 Å². The first kappa shape index (κ1) is 22.0. The van der Waals surface area contributed by atoms with Gasteiger partial charge in [-0.15, -0.1) is 0 Å². The van der Waals surface area contributed by atoms with E-state index in [1.165, 1.54) is 5.57 Å². The Morgan fingerprint density at radius 3 is 2.81 bits per heavy atom. The van der Waals surface area contributed by atoms with Crippen molar-refractivity contribution in [1.29, 1.82) is 10.8 Å². The topological polar surface area (TPSA) is 130 Å². The summed E-state index contributed by atoms with van der Waals surface area (Å²) in [4.78, 5) is 4.66. The van der Waals surface area contributed by atoms with Crippen molar-refractivity contribution in [3.05, 3.63) is 59.9 Å². The molecule has 1 atom stereocenters. The summed E-state index contributed by atoms with van der Waals surface area (Å²) in [6.45, 7) is 6.15. The van der Waals surface area contributed by atoms with Crippen molar-refractivity contribution >= 4 is 33.9 Å². The summed E-state index contributed by atoms with van der Waals surface area (Å²) in [6, 6.07) is 9.02. The molecule has 0 amide bonds. The lowest BCUT2D eigenvalue weighted by Crippen LogP contribution is -2.91. The Hall–Kier alpha value is -3.20. The van der Waals surface area contributed by atoms with Crippen LogP contribution in [0.15, 0.2) is 48.8 Å². The average molecular weight is 433 g/mol. The highest BCUT2D eigenvalue weighted by atomic mass is 15.6. The summed E-state index contributed by atoms with van der Waals surface area (Å²) in [5.41, 5.74) is 8.58. The van der Waals surface area contributed by atoms with Gasteiger partial charge in [-0.2, -0.15) is 0 Å². The van der Waals surface area contributed by atoms with Crippen molar-refractivity contribution in [2.24, 2.45) is 0 Å². The maximum absolute atomic E-state index is 8.27. The number of amidine groups is 2. The molecule has 1 aromatic carbocycles. The van der Waals surface area contributed by atoms with Gasteiger partial charge in [0.15, 0.2) is 5.71 Å². The van der Waals surface area contributed by atoms with Gasteiger partial charge in [0.2, 0.25) is 11.7 Å². The average Bonchev–Trinajstić information content (AvgIpc) is 3.10. The van der Waals surface area contributed by atoms with Crippen LogP contribution < -0.4 is 21.5 Å². The van der Waals surface area contributed by atoms with E-state index in [1.54, 1.807) is 17.5 Å². The number of nitrogens with one attached hydrogen (secondary N) is 4. The second kappa shape index (κ2) is 9.52. The molecule has 8 N–H and O–H groups in total. The Labute approximate surface area is 188 Å². The molecule has 1 aromatic heterocycles. The Kier molecular flexibility index (Phi) is 6.55. The maximum Gasteiger partial charge on any atom is 0.223 e. The zero-order valence-electron chi connectivity index (χ0n) is 18.7. The van der Waals surface area contributed by atoms with Gasteiger partial charge in [-0.25, -0.2) is 5.43 Å². The van der Waals surface area contributed by atoms with E-state index in [9.17, 15) is 0 Å². The lowest BCUT2D eigenvalue weighted by atomic mass is 10.0. The molecule has 0 radical (unpaired) electrons. The number of aromatic nitrogens is 1. The number of hydrogen-bond acceptors (Lipinski definition) is 6. The first-order chi connectivity index (χ1) is 15.4. The van der Waals surface area contributed by atoms with Crippen LogP contribution in [0.2, 0.25) is 0 Å². The van der Waals surface area contributed by atoms with Gasteiger partial charge in [0.05, 0.1) is 24.0 Å². The maximum atomic E-state index is 8.27. The van der Waals surface area contributed by atoms with Crippen molar-refractivity contribution in [2.75, 3.05) is 13.1 Å². The van der Waals surface area contributed by atoms with Gasteiger partial charge in [-0.1, -0.05) is 13.0 Å². The van der Waals surface area contributed by atoms with Crippen LogP contribution in [0.5, 0.6) is 0 Å². The Bertz CT molecular complexity index is 1110. The van der Waals surface area contributed by atoms with Crippen LogP contribution in [-0.4, -0.2) is 52.5 Å². The molecule has 0 bridgehead atoms. The molecule has 166 valence electrons. The number of rotatable bonds is 7. The lowest BCUT2D eigenvalue weighted by molar-refractivity contribution is -0.411. The molecular formula is C24H32N8+2. The molecule has 2 aromatic rings. The van der Waals surface area contributed by atoms with E-state index < -0.39 is 0 Å². The minimum absolute atomic E-state index is 0.235. The number of nitrogens with two attached hydrogens (primary N) is 2. The molecule has 8 nitrogen and oxygen atoms in total. The number of fused-ring (bicyclic) bond motifs is 1. The predicted octanol–water partition coefficient (Wildman–Crippen LogP) is -0.0171. The van der Waals surface area contributed by atoms with E-state index in [0.717, 1.165) is 47.3 Å². The van der Waals surface area contributed by atoms with Crippen molar-refractivity contribution < 1.29 is 10.7 Å². The molecule has 4 rings (SSSR count). The number of hydrazine groups is 1. The minimum atomic E-state index is 0.235. The van der Waals surface area contributed by atoms with Crippen molar-refractivity contribution in [1.82, 2.24) is 20.7 Å². The molecule has 0 spiro atoms. The molecule has 32 heavy (non-hydrogen) atoms. The largest absolute Gasteiger partial charge is 0.312 e. The third kappa shape index (κ3) is 4.99. The van der Waals surface area contributed by atoms with E-state index in [4.69, 9.17) is 16.2 Å². The molecule has 1 unspecified atom stereocenters. The van der Waals surface area contributed by atoms with Gasteiger partial charge in [0.25, 0.3) is 0 Å². The summed E-state index contributed by atoms with van der Waals surface area (Å²) in [5.74, 6) is 0.663. The van der Waals surface area contributed by atoms with E-state index >= 15 is 0 Å². The van der Waals surface area contributed by atoms with Crippen LogP contribution in [0.25, 0.3) is 16.5 Å². The van der Waals surface area contributed by atoms with Crippen LogP contribution in [0.1, 0.15) is 31.4 Å². The van der Waals surface area contributed by atoms with Crippen LogP contribution in [0.4, 0.5) is 0 Å². The summed E-state index contributed by atoms with van der Waals surface area (Å²) in [6.07, 6.45) is 8.72. The molecule has 1 fully saturated rings. The number of quaternary nitrogens is 1. The van der Waals surface area contributed by atoms with E-state index in [2.05, 4.69) is 46.0 Å². The molecule has 3 heterocycles. The number of pyridine rings is 1. The van der Waals surface area contributed by atoms with E-state index in [1.807, 2.05) is 25.3 Å². The molecule has 8 heteroatoms. The highest BCUT2D eigenvalue weighted by Gasteiger charge is 2.29. The fourth-order valence-electron chi connectivity index (χ4n) is 3.87. The van der Waals surface area contributed by atoms with Crippen LogP contribution in [-0.2, 0) is 6.42 Å². The molecule has 2 aliphatic heterocycles. The van der Waals surface area contributed by atoms with Crippen LogP contribution in [0, 0.1) is 10.8 Å². The summed E-state index contributed by atoms with van der Waals surface area (Å²) in [7, 11) is 0. The Morgan fingerprint density at radius 2 is 2.09 bits per heavy atom. The SMILES string of the molecule is CCC(=[NH2+])C=CC(=N)[NH2+]C(=N)Cc1ccc2ncc(C3=CN(C4CNC4)NC3C)cc2c1. The Morgan fingerprint density at radius 1 is 1.28 bits per heavy atom. The first-order valence-electron chi connectivity index (χ1n) is 11.1. The number of hydrogen-bond donors (Lipinski definition) is 6. The van der Waals surface area contributed by atoms with Crippen molar-refractivity contribution in [2.45, 2.75) is 38.8 Å². The fraction of sp³-hybridized carbons (Fsp3) is 0.333. The van der Waals surface area contributed by atoms with Gasteiger partial charge >= 0.3 is 0 Å². The second-order valence-corrected chi connectivity index (χ2v) is 8.47. The summed E-state index contributed by atoms with van der Waals surface area (Å²) >= 11 is 0. The fourth-order valence-corrected chi connectivity index (χ4v) is 3.87. The molecular weight excluding hydrogens is 400 g/mol. The van der Waals surface area contributed by atoms with Gasteiger partial charge in [-0.3, -0.25) is 26.5 Å². The zero-order chi connectivity index (χ0) is 22.7. The smallest absolute Gasteiger partial charge is 0.223 e. The highest BCUT2D eigenvalue weighted by Crippen LogP contribution is 2.27. The molecule has 0 saturated carbocycles. The summed E-state index contributed by atoms with van der Waals surface area (Å²) < 4.78 is 0. The third-order valence-electron chi connectivity index (χ3n) is 5.93. The van der Waals surface area contributed by atoms with E-state index in [0.29, 0.717) is 18.3 Å². The number of allylic oxidation sites excluding steroid dienone is 1. The van der Waals surface area contributed by atoms with Crippen LogP contribution in [0.3, 0.4) is 0 Å². The summed E-state index contributed by atoms with van der Waals surface area (Å²) in [5, 5.41) is 30.2. The zero-order valence-corrected chi connectivity index (χ0v) is 18.7. The standard InChI is InChI=1S/C24H30N8/c1-3-19(25)5-7-23(26)30-24(27)9-16-4-6-22-17(8-16)10-18(11-29-22)21-14-32(31-15(21)2)20-12-28-13-20/h4-8,10-11,14-15,20,25,28,31H,3,9,12-13H2,1-2H3,(H3,26,27,30)/p+2. The van der Waals surface area contributed by atoms with Gasteiger partial charge < -0.3 is 10.3 Å². The number of nitrogens with zero attached hydrogens (tertiary/aromatic N) is 2. The third-order valence-corrected chi connectivity index (χ3v) is 5.93.